The van der Waals surface area contributed by atoms with E-state index >= 15 is 0 Å². The van der Waals surface area contributed by atoms with Gasteiger partial charge < -0.3 is 39.4 Å². The molecule has 8 nitrogen and oxygen atoms in total. The fourth-order valence-electron chi connectivity index (χ4n) is 19.5. The van der Waals surface area contributed by atoms with E-state index in [1.807, 2.05) is 0 Å². The summed E-state index contributed by atoms with van der Waals surface area (Å²) in [5.74, 6) is 3.42. The summed E-state index contributed by atoms with van der Waals surface area (Å²) in [6.45, 7) is 18.3. The van der Waals surface area contributed by atoms with Gasteiger partial charge >= 0.3 is 0 Å². The summed E-state index contributed by atoms with van der Waals surface area (Å²) in [7, 11) is 0. The Kier molecular flexibility index (Phi) is 13.8. The van der Waals surface area contributed by atoms with Crippen LogP contribution in [-0.4, -0.2) is 20.4 Å². The fraction of sp³-hybridized carbons (Fsp3) is 0.429. The minimum Gasteiger partial charge on any atom is -0.507 e. The topological polar surface area (TPSA) is 118 Å². The number of rotatable bonds is 8. The van der Waals surface area contributed by atoms with Gasteiger partial charge in [-0.2, -0.15) is 0 Å². The van der Waals surface area contributed by atoms with Crippen LogP contribution < -0.4 is 18.9 Å². The second-order valence-electron chi connectivity index (χ2n) is 31.2. The van der Waals surface area contributed by atoms with Gasteiger partial charge in [0.05, 0.1) is 0 Å². The molecule has 5 aliphatic carbocycles. The molecular formula is C84H88O8. The molecule has 9 aliphatic rings. The first-order valence-electron chi connectivity index (χ1n) is 35.0. The van der Waals surface area contributed by atoms with Gasteiger partial charge in [-0.05, 0) is 169 Å². The molecule has 8 heteroatoms. The van der Waals surface area contributed by atoms with Crippen LogP contribution in [0.4, 0.5) is 0 Å². The van der Waals surface area contributed by atoms with Crippen molar-refractivity contribution in [3.63, 3.8) is 0 Å². The normalized spacial score (nSPS) is 26.1. The van der Waals surface area contributed by atoms with Crippen molar-refractivity contribution in [2.24, 2.45) is 47.3 Å². The molecule has 0 radical (unpaired) electrons. The number of benzene rings is 8. The molecule has 0 saturated carbocycles. The quantitative estimate of drug-likeness (QED) is 0.119. The van der Waals surface area contributed by atoms with E-state index < -0.39 is 17.8 Å². The molecule has 0 fully saturated rings. The molecule has 12 atom stereocenters. The van der Waals surface area contributed by atoms with Crippen LogP contribution >= 0.6 is 0 Å². The highest BCUT2D eigenvalue weighted by Gasteiger charge is 2.49. The van der Waals surface area contributed by atoms with Gasteiger partial charge in [0.1, 0.15) is 70.4 Å². The van der Waals surface area contributed by atoms with Crippen LogP contribution in [0.3, 0.4) is 0 Å². The number of phenolic OH excluding ortho intramolecular Hbond substituents is 4. The van der Waals surface area contributed by atoms with E-state index in [2.05, 4.69) is 177 Å². The maximum Gasteiger partial charge on any atom is 0.130 e. The smallest absolute Gasteiger partial charge is 0.130 e. The Labute approximate surface area is 543 Å². The van der Waals surface area contributed by atoms with Crippen LogP contribution in [0.25, 0.3) is 0 Å². The van der Waals surface area contributed by atoms with Crippen LogP contribution in [0.1, 0.15) is 240 Å². The number of aromatic hydroxyl groups is 4. The summed E-state index contributed by atoms with van der Waals surface area (Å²) in [5, 5.41) is 55.3. The Morgan fingerprint density at radius 2 is 0.489 bits per heavy atom. The first kappa shape index (κ1) is 58.0. The summed E-state index contributed by atoms with van der Waals surface area (Å²) in [6, 6.07) is 44.1. The standard InChI is InChI=1S/C84H88O8/c1-41(2)25-57-61-37-65(81-69(73(61)85)33-49-29-45-17-9-13-21-53(45)77(49)89-81)58(26-42(3)4)63-39-66(82-71(75(63)87)35-51-31-46-18-10-14-22-54(46)78(51)90-82)59(27-43(5)6)64-40-68(84-72(76(64)88)36-52-32-48-20-12-16-24-56(48)80(52)92-84)60(28-44(7)8)67-38-62(57)74(86)70-34-50-30-47-19-11-15-23-55(47)79(50)91-83(67)70/h9-24,37-44,49-52,57-60,77-80,85-88H,25-36H2,1-8H3/t49-,50-,51-,52-,57+,58+,59+,60+,77+,78+,79+,80+/m0/s1. The molecular weight excluding hydrogens is 1140 g/mol. The summed E-state index contributed by atoms with van der Waals surface area (Å²) in [4.78, 5) is 0. The molecule has 8 bridgehead atoms. The van der Waals surface area contributed by atoms with Gasteiger partial charge in [0.2, 0.25) is 0 Å². The lowest BCUT2D eigenvalue weighted by atomic mass is 9.71. The molecule has 8 aromatic carbocycles. The third kappa shape index (κ3) is 9.08. The Morgan fingerprint density at radius 1 is 0.283 bits per heavy atom. The van der Waals surface area contributed by atoms with E-state index in [1.54, 1.807) is 0 Å². The Morgan fingerprint density at radius 3 is 0.717 bits per heavy atom. The van der Waals surface area contributed by atoms with E-state index in [-0.39, 0.29) is 101 Å². The van der Waals surface area contributed by atoms with Crippen LogP contribution in [0.5, 0.6) is 46.0 Å². The molecule has 0 amide bonds. The fourth-order valence-corrected chi connectivity index (χ4v) is 19.5. The van der Waals surface area contributed by atoms with Crippen LogP contribution in [0.15, 0.2) is 121 Å². The lowest BCUT2D eigenvalue weighted by molar-refractivity contribution is 0.121. The zero-order valence-electron chi connectivity index (χ0n) is 54.7. The summed E-state index contributed by atoms with van der Waals surface area (Å²) >= 11 is 0. The average Bonchev–Trinajstić information content (AvgIpc) is 1.08. The van der Waals surface area contributed by atoms with Crippen LogP contribution in [0.2, 0.25) is 0 Å². The maximum atomic E-state index is 13.9. The zero-order chi connectivity index (χ0) is 62.9. The molecule has 0 saturated heterocycles. The van der Waals surface area contributed by atoms with E-state index in [4.69, 9.17) is 18.9 Å². The molecule has 0 spiro atoms. The number of fused-ring (bicyclic) bond motifs is 28. The highest BCUT2D eigenvalue weighted by atomic mass is 16.5. The number of phenols is 4. The summed E-state index contributed by atoms with van der Waals surface area (Å²) in [6.07, 6.45) is 7.78. The number of hydrogen-bond donors (Lipinski definition) is 4. The summed E-state index contributed by atoms with van der Waals surface area (Å²) < 4.78 is 30.7. The Bertz CT molecular complexity index is 4310. The van der Waals surface area contributed by atoms with E-state index in [0.29, 0.717) is 50.7 Å². The van der Waals surface area contributed by atoms with Gasteiger partial charge in [-0.1, -0.05) is 152 Å². The van der Waals surface area contributed by atoms with Crippen molar-refractivity contribution in [1.29, 1.82) is 0 Å². The molecule has 4 heterocycles. The van der Waals surface area contributed by atoms with Gasteiger partial charge in [0.25, 0.3) is 0 Å². The monoisotopic (exact) mass is 1220 g/mol. The van der Waals surface area contributed by atoms with Crippen molar-refractivity contribution < 1.29 is 39.4 Å². The Balaban J connectivity index is 0.997. The molecule has 17 rings (SSSR count). The van der Waals surface area contributed by atoms with Gasteiger partial charge in [-0.15, -0.1) is 0 Å². The average molecular weight is 1230 g/mol. The minimum atomic E-state index is -0.471. The van der Waals surface area contributed by atoms with Crippen molar-refractivity contribution in [2.45, 2.75) is 181 Å². The SMILES string of the molecule is CC(C)C[C@H]1c2cc(c3c(c2O)C[C@@H]2Cc4ccccc4[C@@H]2O3)[C@@H](CC(C)C)c2cc(c(O)c3c2O[C@H]2c4ccccc4C[C@H]2C3)[C@@H](CC(C)C)c2cc(c(O)c3c2O[C@H]2c4ccccc4C[C@H]2C3)[C@@H](CC(C)C)c2cc1c(O)c1c2O[C@H]2c3ccccc3C[C@H]2C1. The van der Waals surface area contributed by atoms with E-state index in [9.17, 15) is 20.4 Å². The van der Waals surface area contributed by atoms with Crippen molar-refractivity contribution in [2.75, 3.05) is 0 Å². The zero-order valence-corrected chi connectivity index (χ0v) is 54.7. The molecule has 4 N–H and O–H groups in total. The largest absolute Gasteiger partial charge is 0.507 e. The molecule has 472 valence electrons. The Hall–Kier alpha value is -7.84. The van der Waals surface area contributed by atoms with Crippen molar-refractivity contribution >= 4 is 0 Å². The van der Waals surface area contributed by atoms with Gasteiger partial charge in [-0.3, -0.25) is 0 Å². The van der Waals surface area contributed by atoms with Crippen molar-refractivity contribution in [3.05, 3.63) is 233 Å². The second kappa shape index (κ2) is 21.9. The molecule has 0 unspecified atom stereocenters. The molecule has 4 aliphatic heterocycles. The molecule has 0 aromatic heterocycles. The first-order chi connectivity index (χ1) is 44.5. The van der Waals surface area contributed by atoms with Crippen molar-refractivity contribution in [1.82, 2.24) is 0 Å². The second-order valence-corrected chi connectivity index (χ2v) is 31.2. The number of ether oxygens (including phenoxy) is 4. The van der Waals surface area contributed by atoms with Crippen LogP contribution in [0, 0.1) is 47.3 Å². The highest BCUT2D eigenvalue weighted by molar-refractivity contribution is 5.70. The van der Waals surface area contributed by atoms with E-state index in [0.717, 1.165) is 116 Å². The molecule has 92 heavy (non-hydrogen) atoms. The number of hydrogen-bond acceptors (Lipinski definition) is 8. The van der Waals surface area contributed by atoms with Gasteiger partial charge in [0, 0.05) is 114 Å². The predicted octanol–water partition coefficient (Wildman–Crippen LogP) is 18.9. The lowest BCUT2D eigenvalue weighted by Gasteiger charge is -2.39. The third-order valence-corrected chi connectivity index (χ3v) is 23.4. The molecule has 8 aromatic rings. The maximum absolute atomic E-state index is 13.9. The first-order valence-corrected chi connectivity index (χ1v) is 35.0. The highest BCUT2D eigenvalue weighted by Crippen LogP contribution is 2.63. The van der Waals surface area contributed by atoms with Gasteiger partial charge in [0.15, 0.2) is 0 Å². The van der Waals surface area contributed by atoms with Crippen LogP contribution in [-0.2, 0) is 51.4 Å². The third-order valence-electron chi connectivity index (χ3n) is 23.4. The van der Waals surface area contributed by atoms with Gasteiger partial charge in [-0.25, -0.2) is 0 Å². The van der Waals surface area contributed by atoms with E-state index in [1.165, 1.54) is 44.5 Å². The predicted molar refractivity (Wildman–Crippen MR) is 360 cm³/mol. The lowest BCUT2D eigenvalue weighted by Crippen LogP contribution is -2.27. The minimum absolute atomic E-state index is 0.101. The van der Waals surface area contributed by atoms with Crippen molar-refractivity contribution in [3.8, 4) is 46.0 Å². The summed E-state index contributed by atoms with van der Waals surface area (Å²) in [5.41, 5.74) is 20.5.